The Balaban J connectivity index is 2.21. The molecule has 1 aromatic carbocycles. The number of hydrogen-bond acceptors (Lipinski definition) is 0. The van der Waals surface area contributed by atoms with Crippen molar-refractivity contribution in [2.75, 3.05) is 0 Å². The maximum atomic E-state index is 2.57. The first-order valence-corrected chi connectivity index (χ1v) is 7.39. The molecule has 1 nitrogen and oxygen atoms in total. The van der Waals surface area contributed by atoms with Crippen LogP contribution in [0.1, 0.15) is 58.4 Å². The average molecular weight is 242 g/mol. The highest BCUT2D eigenvalue weighted by Crippen LogP contribution is 2.48. The van der Waals surface area contributed by atoms with Gasteiger partial charge in [-0.1, -0.05) is 37.5 Å². The van der Waals surface area contributed by atoms with Crippen LogP contribution in [-0.2, 0) is 5.41 Å². The maximum absolute atomic E-state index is 2.57. The zero-order valence-electron chi connectivity index (χ0n) is 11.9. The van der Waals surface area contributed by atoms with Crippen LogP contribution >= 0.6 is 0 Å². The van der Waals surface area contributed by atoms with Gasteiger partial charge in [0.05, 0.1) is 5.41 Å². The molecular weight excluding hydrogens is 218 g/mol. The molecule has 0 amide bonds. The van der Waals surface area contributed by atoms with Gasteiger partial charge in [-0.2, -0.15) is 4.58 Å². The lowest BCUT2D eigenvalue weighted by atomic mass is 9.68. The summed E-state index contributed by atoms with van der Waals surface area (Å²) in [5.74, 6) is 0. The topological polar surface area (TPSA) is 3.01 Å². The highest BCUT2D eigenvalue weighted by Gasteiger charge is 2.50. The van der Waals surface area contributed by atoms with Crippen LogP contribution in [0.15, 0.2) is 24.3 Å². The van der Waals surface area contributed by atoms with Crippen molar-refractivity contribution in [1.29, 1.82) is 0 Å². The number of benzene rings is 1. The van der Waals surface area contributed by atoms with E-state index in [1.807, 2.05) is 0 Å². The number of fused-ring (bicyclic) bond motifs is 2. The summed E-state index contributed by atoms with van der Waals surface area (Å²) in [6, 6.07) is 9.64. The molecule has 1 saturated carbocycles. The van der Waals surface area contributed by atoms with Gasteiger partial charge < -0.3 is 0 Å². The largest absolute Gasteiger partial charge is 0.209 e. The van der Waals surface area contributed by atoms with Crippen molar-refractivity contribution in [3.8, 4) is 0 Å². The van der Waals surface area contributed by atoms with Gasteiger partial charge in [-0.3, -0.25) is 0 Å². The molecular formula is C17H24N+. The minimum Gasteiger partial charge on any atom is -0.197 e. The Morgan fingerprint density at radius 1 is 1.06 bits per heavy atom. The van der Waals surface area contributed by atoms with Crippen LogP contribution in [0.4, 0.5) is 5.69 Å². The molecule has 1 heterocycles. The first-order chi connectivity index (χ1) is 8.67. The SMILES string of the molecule is CC1=[N+](C(C)C)c2ccccc2C12CCCCC2. The Bertz CT molecular complexity index is 490. The highest BCUT2D eigenvalue weighted by molar-refractivity contribution is 5.94. The van der Waals surface area contributed by atoms with Crippen LogP contribution in [0.5, 0.6) is 0 Å². The Morgan fingerprint density at radius 2 is 1.72 bits per heavy atom. The molecule has 1 heteroatoms. The molecule has 18 heavy (non-hydrogen) atoms. The van der Waals surface area contributed by atoms with Gasteiger partial charge >= 0.3 is 0 Å². The molecule has 1 spiro atoms. The summed E-state index contributed by atoms with van der Waals surface area (Å²) in [7, 11) is 0. The monoisotopic (exact) mass is 242 g/mol. The second-order valence-corrected chi connectivity index (χ2v) is 6.21. The molecule has 0 aromatic heterocycles. The van der Waals surface area contributed by atoms with Crippen LogP contribution in [0.3, 0.4) is 0 Å². The lowest BCUT2D eigenvalue weighted by molar-refractivity contribution is -0.474. The first kappa shape index (κ1) is 12.0. The molecule has 0 N–H and O–H groups in total. The number of para-hydroxylation sites is 1. The summed E-state index contributed by atoms with van der Waals surface area (Å²) in [6.07, 6.45) is 6.88. The Hall–Kier alpha value is -1.11. The molecule has 1 aromatic rings. The minimum absolute atomic E-state index is 0.360. The van der Waals surface area contributed by atoms with Crippen LogP contribution in [-0.4, -0.2) is 16.3 Å². The highest BCUT2D eigenvalue weighted by atomic mass is 15.1. The van der Waals surface area contributed by atoms with Crippen LogP contribution in [0, 0.1) is 0 Å². The molecule has 1 aliphatic carbocycles. The van der Waals surface area contributed by atoms with Gasteiger partial charge in [-0.05, 0) is 26.7 Å². The summed E-state index contributed by atoms with van der Waals surface area (Å²) >= 11 is 0. The second-order valence-electron chi connectivity index (χ2n) is 6.21. The summed E-state index contributed by atoms with van der Waals surface area (Å²) in [5.41, 5.74) is 5.01. The van der Waals surface area contributed by atoms with E-state index in [1.54, 1.807) is 11.3 Å². The van der Waals surface area contributed by atoms with Gasteiger partial charge in [0.1, 0.15) is 0 Å². The first-order valence-electron chi connectivity index (χ1n) is 7.39. The standard InChI is InChI=1S/C17H24N/c1-13(2)18-14(3)17(11-7-4-8-12-17)15-9-5-6-10-16(15)18/h5-6,9-10,13H,4,7-8,11-12H2,1-3H3/q+1. The fraction of sp³-hybridized carbons (Fsp3) is 0.588. The fourth-order valence-electron chi connectivity index (χ4n) is 4.15. The lowest BCUT2D eigenvalue weighted by Crippen LogP contribution is -2.36. The number of nitrogens with zero attached hydrogens (tertiary/aromatic N) is 1. The zero-order chi connectivity index (χ0) is 12.8. The second kappa shape index (κ2) is 4.22. The quantitative estimate of drug-likeness (QED) is 0.641. The minimum atomic E-state index is 0.360. The molecule has 0 saturated heterocycles. The molecule has 0 bridgehead atoms. The van der Waals surface area contributed by atoms with E-state index >= 15 is 0 Å². The summed E-state index contributed by atoms with van der Waals surface area (Å²) in [4.78, 5) is 0. The van der Waals surface area contributed by atoms with E-state index < -0.39 is 0 Å². The van der Waals surface area contributed by atoms with E-state index in [1.165, 1.54) is 37.8 Å². The van der Waals surface area contributed by atoms with Crippen molar-refractivity contribution in [3.63, 3.8) is 0 Å². The van der Waals surface area contributed by atoms with Gasteiger partial charge in [-0.25, -0.2) is 0 Å². The average Bonchev–Trinajstić information content (AvgIpc) is 2.61. The van der Waals surface area contributed by atoms with Crippen LogP contribution in [0.2, 0.25) is 0 Å². The van der Waals surface area contributed by atoms with Crippen molar-refractivity contribution >= 4 is 11.4 Å². The van der Waals surface area contributed by atoms with E-state index in [0.29, 0.717) is 11.5 Å². The molecule has 2 aliphatic rings. The van der Waals surface area contributed by atoms with Crippen molar-refractivity contribution < 1.29 is 4.58 Å². The third-order valence-corrected chi connectivity index (χ3v) is 4.96. The van der Waals surface area contributed by atoms with E-state index in [2.05, 4.69) is 49.6 Å². The summed E-state index contributed by atoms with van der Waals surface area (Å²) in [6.45, 7) is 6.98. The third kappa shape index (κ3) is 1.49. The Morgan fingerprint density at radius 3 is 2.39 bits per heavy atom. The van der Waals surface area contributed by atoms with Crippen molar-refractivity contribution in [3.05, 3.63) is 29.8 Å². The fourth-order valence-corrected chi connectivity index (χ4v) is 4.15. The van der Waals surface area contributed by atoms with Gasteiger partial charge in [0, 0.05) is 18.6 Å². The van der Waals surface area contributed by atoms with Crippen LogP contribution in [0.25, 0.3) is 0 Å². The van der Waals surface area contributed by atoms with E-state index in [-0.39, 0.29) is 0 Å². The van der Waals surface area contributed by atoms with Crippen LogP contribution < -0.4 is 0 Å². The molecule has 0 atom stereocenters. The smallest absolute Gasteiger partial charge is 0.197 e. The normalized spacial score (nSPS) is 21.8. The van der Waals surface area contributed by atoms with Gasteiger partial charge in [0.15, 0.2) is 11.8 Å². The Kier molecular flexibility index (Phi) is 2.80. The molecule has 3 rings (SSSR count). The molecule has 1 aliphatic heterocycles. The van der Waals surface area contributed by atoms with E-state index in [0.717, 1.165) is 0 Å². The number of hydrogen-bond donors (Lipinski definition) is 0. The molecule has 0 unspecified atom stereocenters. The predicted molar refractivity (Wildman–Crippen MR) is 76.9 cm³/mol. The van der Waals surface area contributed by atoms with Gasteiger partial charge in [0.2, 0.25) is 5.69 Å². The summed E-state index contributed by atoms with van der Waals surface area (Å²) in [5, 5.41) is 0. The van der Waals surface area contributed by atoms with Crippen molar-refractivity contribution in [2.45, 2.75) is 64.3 Å². The predicted octanol–water partition coefficient (Wildman–Crippen LogP) is 4.42. The molecule has 0 radical (unpaired) electrons. The number of rotatable bonds is 1. The van der Waals surface area contributed by atoms with E-state index in [4.69, 9.17) is 0 Å². The third-order valence-electron chi connectivity index (χ3n) is 4.96. The Labute approximate surface area is 111 Å². The molecule has 1 fully saturated rings. The van der Waals surface area contributed by atoms with Gasteiger partial charge in [-0.15, -0.1) is 0 Å². The lowest BCUT2D eigenvalue weighted by Gasteiger charge is -2.31. The van der Waals surface area contributed by atoms with E-state index in [9.17, 15) is 0 Å². The zero-order valence-corrected chi connectivity index (χ0v) is 11.9. The van der Waals surface area contributed by atoms with Crippen molar-refractivity contribution in [2.24, 2.45) is 0 Å². The maximum Gasteiger partial charge on any atom is 0.209 e. The van der Waals surface area contributed by atoms with Gasteiger partial charge in [0.25, 0.3) is 0 Å². The van der Waals surface area contributed by atoms with Crippen molar-refractivity contribution in [1.82, 2.24) is 0 Å². The summed E-state index contributed by atoms with van der Waals surface area (Å²) < 4.78 is 2.57. The molecule has 96 valence electrons.